The zero-order chi connectivity index (χ0) is 11.3. The van der Waals surface area contributed by atoms with Gasteiger partial charge in [-0.1, -0.05) is 0 Å². The van der Waals surface area contributed by atoms with Crippen molar-refractivity contribution in [1.29, 1.82) is 0 Å². The second kappa shape index (κ2) is 4.83. The molecule has 0 bridgehead atoms. The van der Waals surface area contributed by atoms with Gasteiger partial charge in [0.25, 0.3) is 6.47 Å². The fourth-order valence-electron chi connectivity index (χ4n) is 1.07. The van der Waals surface area contributed by atoms with Crippen LogP contribution in [-0.4, -0.2) is 37.7 Å². The summed E-state index contributed by atoms with van der Waals surface area (Å²) in [5, 5.41) is -0.913. The molecule has 0 aliphatic rings. The topological polar surface area (TPSA) is 86.2 Å². The summed E-state index contributed by atoms with van der Waals surface area (Å²) in [6.07, 6.45) is 5.13. The van der Waals surface area contributed by atoms with Gasteiger partial charge < -0.3 is 4.74 Å². The molecule has 0 spiro atoms. The molecule has 1 heterocycles. The van der Waals surface area contributed by atoms with E-state index in [1.807, 2.05) is 0 Å². The fourth-order valence-corrected chi connectivity index (χ4v) is 2.01. The molecule has 0 aromatic carbocycles. The van der Waals surface area contributed by atoms with E-state index in [-0.39, 0.29) is 13.1 Å². The van der Waals surface area contributed by atoms with Crippen molar-refractivity contribution in [2.45, 2.75) is 5.25 Å². The van der Waals surface area contributed by atoms with E-state index in [0.29, 0.717) is 5.56 Å². The summed E-state index contributed by atoms with van der Waals surface area (Å²) in [7, 11) is -3.35. The van der Waals surface area contributed by atoms with Crippen molar-refractivity contribution in [3.8, 4) is 0 Å². The van der Waals surface area contributed by atoms with Crippen molar-refractivity contribution in [2.75, 3.05) is 12.9 Å². The van der Waals surface area contributed by atoms with E-state index in [4.69, 9.17) is 0 Å². The quantitative estimate of drug-likeness (QED) is 0.647. The number of aromatic nitrogens is 2. The van der Waals surface area contributed by atoms with Crippen molar-refractivity contribution < 1.29 is 17.9 Å². The van der Waals surface area contributed by atoms with E-state index in [2.05, 4.69) is 14.7 Å². The van der Waals surface area contributed by atoms with Crippen LogP contribution in [0.2, 0.25) is 0 Å². The number of ether oxygens (including phenoxy) is 1. The maximum atomic E-state index is 11.4. The van der Waals surface area contributed by atoms with Gasteiger partial charge in [0.2, 0.25) is 0 Å². The average molecular weight is 230 g/mol. The van der Waals surface area contributed by atoms with Crippen LogP contribution >= 0.6 is 0 Å². The highest BCUT2D eigenvalue weighted by molar-refractivity contribution is 7.90. The van der Waals surface area contributed by atoms with Crippen molar-refractivity contribution in [2.24, 2.45) is 0 Å². The number of nitrogens with zero attached hydrogens (tertiary/aromatic N) is 2. The molecule has 1 unspecified atom stereocenters. The van der Waals surface area contributed by atoms with Gasteiger partial charge in [0, 0.05) is 24.2 Å². The Morgan fingerprint density at radius 1 is 1.47 bits per heavy atom. The third-order valence-corrected chi connectivity index (χ3v) is 3.23. The van der Waals surface area contributed by atoms with E-state index in [9.17, 15) is 13.2 Å². The predicted molar refractivity (Wildman–Crippen MR) is 51.6 cm³/mol. The minimum absolute atomic E-state index is 0.210. The molecule has 6 nitrogen and oxygen atoms in total. The average Bonchev–Trinajstić information content (AvgIpc) is 2.18. The molecule has 0 saturated carbocycles. The number of rotatable bonds is 5. The minimum Gasteiger partial charge on any atom is -0.466 e. The highest BCUT2D eigenvalue weighted by Gasteiger charge is 2.24. The Labute approximate surface area is 87.2 Å². The first kappa shape index (κ1) is 11.6. The molecule has 1 aromatic rings. The smallest absolute Gasteiger partial charge is 0.293 e. The van der Waals surface area contributed by atoms with Gasteiger partial charge >= 0.3 is 0 Å². The van der Waals surface area contributed by atoms with Gasteiger partial charge in [0.15, 0.2) is 9.84 Å². The summed E-state index contributed by atoms with van der Waals surface area (Å²) in [5.41, 5.74) is 0.404. The van der Waals surface area contributed by atoms with Gasteiger partial charge in [-0.05, 0) is 0 Å². The van der Waals surface area contributed by atoms with Crippen LogP contribution in [0, 0.1) is 0 Å². The standard InChI is InChI=1S/C8H10N2O4S/c1-15(12,13)8(4-14-6-11)7-2-9-5-10-3-7/h2-3,5-6,8H,4H2,1H3. The molecule has 0 amide bonds. The first-order valence-electron chi connectivity index (χ1n) is 4.04. The third kappa shape index (κ3) is 3.28. The van der Waals surface area contributed by atoms with Crippen LogP contribution in [-0.2, 0) is 19.4 Å². The Balaban J connectivity index is 2.97. The lowest BCUT2D eigenvalue weighted by molar-refractivity contribution is -0.128. The lowest BCUT2D eigenvalue weighted by Gasteiger charge is -2.12. The normalized spacial score (nSPS) is 13.1. The molecule has 0 radical (unpaired) electrons. The molecular weight excluding hydrogens is 220 g/mol. The minimum atomic E-state index is -3.35. The Kier molecular flexibility index (Phi) is 3.73. The van der Waals surface area contributed by atoms with Crippen molar-refractivity contribution in [3.63, 3.8) is 0 Å². The third-order valence-electron chi connectivity index (χ3n) is 1.78. The summed E-state index contributed by atoms with van der Waals surface area (Å²) in [4.78, 5) is 17.4. The first-order valence-corrected chi connectivity index (χ1v) is 6.00. The lowest BCUT2D eigenvalue weighted by atomic mass is 10.2. The zero-order valence-electron chi connectivity index (χ0n) is 8.03. The van der Waals surface area contributed by atoms with Gasteiger partial charge in [-0.2, -0.15) is 0 Å². The lowest BCUT2D eigenvalue weighted by Crippen LogP contribution is -2.17. The highest BCUT2D eigenvalue weighted by Crippen LogP contribution is 2.19. The largest absolute Gasteiger partial charge is 0.466 e. The molecule has 7 heteroatoms. The molecule has 15 heavy (non-hydrogen) atoms. The molecule has 1 atom stereocenters. The first-order chi connectivity index (χ1) is 7.05. The maximum absolute atomic E-state index is 11.4. The van der Waals surface area contributed by atoms with Gasteiger partial charge in [-0.15, -0.1) is 0 Å². The van der Waals surface area contributed by atoms with Crippen LogP contribution in [0.3, 0.4) is 0 Å². The Hall–Kier alpha value is -1.50. The molecule has 0 fully saturated rings. The van der Waals surface area contributed by atoms with Crippen molar-refractivity contribution >= 4 is 16.3 Å². The van der Waals surface area contributed by atoms with Crippen LogP contribution in [0.25, 0.3) is 0 Å². The summed E-state index contributed by atoms with van der Waals surface area (Å²) in [5.74, 6) is 0. The van der Waals surface area contributed by atoms with Gasteiger partial charge in [0.05, 0.1) is 0 Å². The number of carbonyl (C=O) groups is 1. The summed E-state index contributed by atoms with van der Waals surface area (Å²) >= 11 is 0. The number of hydrogen-bond acceptors (Lipinski definition) is 6. The summed E-state index contributed by atoms with van der Waals surface area (Å²) < 4.78 is 27.2. The summed E-state index contributed by atoms with van der Waals surface area (Å²) in [6.45, 7) is -0.0162. The Morgan fingerprint density at radius 2 is 2.07 bits per heavy atom. The van der Waals surface area contributed by atoms with Crippen molar-refractivity contribution in [1.82, 2.24) is 9.97 Å². The van der Waals surface area contributed by atoms with Crippen LogP contribution in [0.5, 0.6) is 0 Å². The second-order valence-corrected chi connectivity index (χ2v) is 5.15. The number of carbonyl (C=O) groups excluding carboxylic acids is 1. The van der Waals surface area contributed by atoms with Crippen LogP contribution < -0.4 is 0 Å². The number of hydrogen-bond donors (Lipinski definition) is 0. The molecule has 1 aromatic heterocycles. The molecule has 0 saturated heterocycles. The van der Waals surface area contributed by atoms with Gasteiger partial charge in [-0.3, -0.25) is 4.79 Å². The Bertz CT molecular complexity index is 418. The van der Waals surface area contributed by atoms with Gasteiger partial charge in [0.1, 0.15) is 18.2 Å². The molecular formula is C8H10N2O4S. The van der Waals surface area contributed by atoms with E-state index in [1.54, 1.807) is 0 Å². The molecule has 82 valence electrons. The fraction of sp³-hybridized carbons (Fsp3) is 0.375. The van der Waals surface area contributed by atoms with Crippen molar-refractivity contribution in [3.05, 3.63) is 24.3 Å². The Morgan fingerprint density at radius 3 is 2.53 bits per heavy atom. The van der Waals surface area contributed by atoms with E-state index in [0.717, 1.165) is 6.26 Å². The maximum Gasteiger partial charge on any atom is 0.293 e. The monoisotopic (exact) mass is 230 g/mol. The molecule has 0 aliphatic carbocycles. The van der Waals surface area contributed by atoms with Crippen LogP contribution in [0.1, 0.15) is 10.8 Å². The van der Waals surface area contributed by atoms with E-state index >= 15 is 0 Å². The predicted octanol–water partition coefficient (Wildman–Crippen LogP) is -0.265. The SMILES string of the molecule is CS(=O)(=O)C(COC=O)c1cncnc1. The van der Waals surface area contributed by atoms with E-state index in [1.165, 1.54) is 18.7 Å². The zero-order valence-corrected chi connectivity index (χ0v) is 8.85. The molecule has 1 rings (SSSR count). The second-order valence-electron chi connectivity index (χ2n) is 2.92. The molecule has 0 N–H and O–H groups in total. The van der Waals surface area contributed by atoms with Crippen LogP contribution in [0.15, 0.2) is 18.7 Å². The van der Waals surface area contributed by atoms with E-state index < -0.39 is 15.1 Å². The van der Waals surface area contributed by atoms with Crippen LogP contribution in [0.4, 0.5) is 0 Å². The summed E-state index contributed by atoms with van der Waals surface area (Å²) in [6, 6.07) is 0. The van der Waals surface area contributed by atoms with Gasteiger partial charge in [-0.25, -0.2) is 18.4 Å². The highest BCUT2D eigenvalue weighted by atomic mass is 32.2. The molecule has 0 aliphatic heterocycles. The number of sulfone groups is 1.